The minimum absolute atomic E-state index is 0.0381. The zero-order chi connectivity index (χ0) is 17.7. The molecule has 0 heterocycles. The van der Waals surface area contributed by atoms with Crippen molar-refractivity contribution >= 4 is 12.1 Å². The summed E-state index contributed by atoms with van der Waals surface area (Å²) in [5.74, 6) is 0.738. The maximum atomic E-state index is 11.7. The molecule has 0 saturated carbocycles. The number of amides is 1. The number of carbonyl (C=O) groups is 1. The van der Waals surface area contributed by atoms with Crippen LogP contribution < -0.4 is 10.2 Å². The van der Waals surface area contributed by atoms with E-state index >= 15 is 0 Å². The van der Waals surface area contributed by atoms with Crippen molar-refractivity contribution in [3.05, 3.63) is 65.7 Å². The first-order valence-electron chi connectivity index (χ1n) is 8.86. The van der Waals surface area contributed by atoms with Gasteiger partial charge in [-0.05, 0) is 29.7 Å². The van der Waals surface area contributed by atoms with E-state index in [2.05, 4.69) is 17.5 Å². The first kappa shape index (κ1) is 18.7. The first-order valence-corrected chi connectivity index (χ1v) is 8.86. The summed E-state index contributed by atoms with van der Waals surface area (Å²) in [7, 11) is 0. The molecule has 4 heteroatoms. The highest BCUT2D eigenvalue weighted by molar-refractivity contribution is 5.82. The van der Waals surface area contributed by atoms with E-state index < -0.39 is 0 Å². The molecule has 0 radical (unpaired) electrons. The molecule has 2 rings (SSSR count). The van der Waals surface area contributed by atoms with Crippen LogP contribution in [0, 0.1) is 0 Å². The van der Waals surface area contributed by atoms with E-state index in [-0.39, 0.29) is 5.91 Å². The number of carbonyl (C=O) groups excluding carboxylic acids is 1. The second kappa shape index (κ2) is 11.0. The molecular weight excluding hydrogens is 312 g/mol. The van der Waals surface area contributed by atoms with Crippen molar-refractivity contribution in [1.29, 1.82) is 0 Å². The van der Waals surface area contributed by atoms with Crippen molar-refractivity contribution in [3.63, 3.8) is 0 Å². The molecule has 25 heavy (non-hydrogen) atoms. The van der Waals surface area contributed by atoms with Gasteiger partial charge >= 0.3 is 0 Å². The summed E-state index contributed by atoms with van der Waals surface area (Å²) in [5.41, 5.74) is 4.58. The molecule has 0 aliphatic rings. The van der Waals surface area contributed by atoms with Crippen molar-refractivity contribution in [2.75, 3.05) is 0 Å². The smallest absolute Gasteiger partial charge is 0.240 e. The van der Waals surface area contributed by atoms with Crippen LogP contribution in [0.15, 0.2) is 59.7 Å². The van der Waals surface area contributed by atoms with Gasteiger partial charge in [-0.3, -0.25) is 4.79 Å². The summed E-state index contributed by atoms with van der Waals surface area (Å²) in [6, 6.07) is 17.7. The van der Waals surface area contributed by atoms with Gasteiger partial charge in [0.1, 0.15) is 12.4 Å². The largest absolute Gasteiger partial charge is 0.489 e. The molecule has 2 aromatic carbocycles. The number of benzene rings is 2. The standard InChI is InChI=1S/C21H26N2O2/c1-2-3-4-8-14-21(24)23-22-16-19-12-9-13-20(15-19)25-17-18-10-6-5-7-11-18/h5-7,9-13,15-16H,2-4,8,14,17H2,1H3,(H,23,24). The molecule has 4 nitrogen and oxygen atoms in total. The van der Waals surface area contributed by atoms with Gasteiger partial charge in [-0.1, -0.05) is 68.7 Å². The Kier molecular flexibility index (Phi) is 8.25. The van der Waals surface area contributed by atoms with Crippen LogP contribution in [-0.2, 0) is 11.4 Å². The zero-order valence-electron chi connectivity index (χ0n) is 14.8. The number of hydrogen-bond acceptors (Lipinski definition) is 3. The number of rotatable bonds is 10. The van der Waals surface area contributed by atoms with E-state index in [1.807, 2.05) is 54.6 Å². The van der Waals surface area contributed by atoms with Gasteiger partial charge in [0, 0.05) is 6.42 Å². The highest BCUT2D eigenvalue weighted by Gasteiger charge is 1.99. The van der Waals surface area contributed by atoms with E-state index in [0.29, 0.717) is 13.0 Å². The minimum Gasteiger partial charge on any atom is -0.489 e. The lowest BCUT2D eigenvalue weighted by molar-refractivity contribution is -0.121. The Bertz CT molecular complexity index is 669. The van der Waals surface area contributed by atoms with Crippen LogP contribution in [0.5, 0.6) is 5.75 Å². The highest BCUT2D eigenvalue weighted by Crippen LogP contribution is 2.14. The van der Waals surface area contributed by atoms with Gasteiger partial charge in [0.25, 0.3) is 0 Å². The second-order valence-corrected chi connectivity index (χ2v) is 5.95. The van der Waals surface area contributed by atoms with Gasteiger partial charge in [0.05, 0.1) is 6.21 Å². The molecule has 0 spiro atoms. The Morgan fingerprint density at radius 2 is 1.92 bits per heavy atom. The number of nitrogens with one attached hydrogen (secondary N) is 1. The fraction of sp³-hybridized carbons (Fsp3) is 0.333. The third kappa shape index (κ3) is 7.66. The van der Waals surface area contributed by atoms with E-state index in [1.165, 1.54) is 12.8 Å². The second-order valence-electron chi connectivity index (χ2n) is 5.95. The van der Waals surface area contributed by atoms with Gasteiger partial charge in [-0.25, -0.2) is 5.43 Å². The van der Waals surface area contributed by atoms with E-state index in [9.17, 15) is 4.79 Å². The molecule has 0 fully saturated rings. The predicted molar refractivity (Wildman–Crippen MR) is 102 cm³/mol. The fourth-order valence-electron chi connectivity index (χ4n) is 2.37. The lowest BCUT2D eigenvalue weighted by Crippen LogP contribution is -2.16. The highest BCUT2D eigenvalue weighted by atomic mass is 16.5. The van der Waals surface area contributed by atoms with Gasteiger partial charge in [-0.15, -0.1) is 0 Å². The quantitative estimate of drug-likeness (QED) is 0.388. The molecule has 132 valence electrons. The Labute approximate surface area is 149 Å². The molecule has 2 aromatic rings. The Morgan fingerprint density at radius 3 is 2.72 bits per heavy atom. The molecule has 0 aliphatic heterocycles. The maximum Gasteiger partial charge on any atom is 0.240 e. The average Bonchev–Trinajstić information content (AvgIpc) is 2.65. The minimum atomic E-state index is -0.0381. The molecule has 0 unspecified atom stereocenters. The van der Waals surface area contributed by atoms with Gasteiger partial charge in [0.15, 0.2) is 0 Å². The van der Waals surface area contributed by atoms with Crippen LogP contribution in [0.3, 0.4) is 0 Å². The lowest BCUT2D eigenvalue weighted by atomic mass is 10.1. The number of hydrogen-bond donors (Lipinski definition) is 1. The molecular formula is C21H26N2O2. The average molecular weight is 338 g/mol. The molecule has 1 amide bonds. The molecule has 1 N–H and O–H groups in total. The van der Waals surface area contributed by atoms with Gasteiger partial charge in [-0.2, -0.15) is 5.10 Å². The number of unbranched alkanes of at least 4 members (excludes halogenated alkanes) is 3. The SMILES string of the molecule is CCCCCCC(=O)NN=Cc1cccc(OCc2ccccc2)c1. The van der Waals surface area contributed by atoms with Crippen LogP contribution in [0.25, 0.3) is 0 Å². The summed E-state index contributed by atoms with van der Waals surface area (Å²) >= 11 is 0. The lowest BCUT2D eigenvalue weighted by Gasteiger charge is -2.06. The van der Waals surface area contributed by atoms with E-state index in [1.54, 1.807) is 6.21 Å². The van der Waals surface area contributed by atoms with Gasteiger partial charge in [0.2, 0.25) is 5.91 Å². The van der Waals surface area contributed by atoms with Crippen LogP contribution in [0.1, 0.15) is 50.2 Å². The van der Waals surface area contributed by atoms with Crippen molar-refractivity contribution in [3.8, 4) is 5.75 Å². The van der Waals surface area contributed by atoms with E-state index in [0.717, 1.165) is 29.7 Å². The van der Waals surface area contributed by atoms with Crippen LogP contribution in [-0.4, -0.2) is 12.1 Å². The summed E-state index contributed by atoms with van der Waals surface area (Å²) in [5, 5.41) is 4.02. The number of nitrogens with zero attached hydrogens (tertiary/aromatic N) is 1. The fourth-order valence-corrected chi connectivity index (χ4v) is 2.37. The third-order valence-electron chi connectivity index (χ3n) is 3.77. The third-order valence-corrected chi connectivity index (χ3v) is 3.77. The maximum absolute atomic E-state index is 11.7. The van der Waals surface area contributed by atoms with E-state index in [4.69, 9.17) is 4.74 Å². The topological polar surface area (TPSA) is 50.7 Å². The molecule has 0 aliphatic carbocycles. The predicted octanol–water partition coefficient (Wildman–Crippen LogP) is 4.69. The monoisotopic (exact) mass is 338 g/mol. The van der Waals surface area contributed by atoms with Crippen molar-refractivity contribution < 1.29 is 9.53 Å². The van der Waals surface area contributed by atoms with Crippen molar-refractivity contribution in [1.82, 2.24) is 5.43 Å². The molecule has 0 atom stereocenters. The molecule has 0 saturated heterocycles. The Balaban J connectivity index is 1.77. The zero-order valence-corrected chi connectivity index (χ0v) is 14.8. The normalized spacial score (nSPS) is 10.8. The first-order chi connectivity index (χ1) is 12.3. The van der Waals surface area contributed by atoms with Gasteiger partial charge < -0.3 is 4.74 Å². The van der Waals surface area contributed by atoms with Crippen molar-refractivity contribution in [2.24, 2.45) is 5.10 Å². The molecule has 0 aromatic heterocycles. The summed E-state index contributed by atoms with van der Waals surface area (Å²) in [4.78, 5) is 11.7. The number of ether oxygens (including phenoxy) is 1. The Hall–Kier alpha value is -2.62. The summed E-state index contributed by atoms with van der Waals surface area (Å²) in [6.07, 6.45) is 6.51. The summed E-state index contributed by atoms with van der Waals surface area (Å²) in [6.45, 7) is 2.68. The Morgan fingerprint density at radius 1 is 1.08 bits per heavy atom. The van der Waals surface area contributed by atoms with Crippen molar-refractivity contribution in [2.45, 2.75) is 45.6 Å². The van der Waals surface area contributed by atoms with Crippen LogP contribution in [0.4, 0.5) is 0 Å². The summed E-state index contributed by atoms with van der Waals surface area (Å²) < 4.78 is 5.79. The number of hydrazone groups is 1. The van der Waals surface area contributed by atoms with Crippen LogP contribution >= 0.6 is 0 Å². The molecule has 0 bridgehead atoms. The van der Waals surface area contributed by atoms with Crippen LogP contribution in [0.2, 0.25) is 0 Å².